The van der Waals surface area contributed by atoms with E-state index in [4.69, 9.17) is 22.7 Å². The average Bonchev–Trinajstić information content (AvgIpc) is 2.39. The number of halogens is 2. The van der Waals surface area contributed by atoms with E-state index in [9.17, 15) is 0 Å². The van der Waals surface area contributed by atoms with Gasteiger partial charge in [-0.15, -0.1) is 11.8 Å². The Hall–Kier alpha value is -0.970. The van der Waals surface area contributed by atoms with Crippen LogP contribution in [0.1, 0.15) is 11.1 Å². The predicted octanol–water partition coefficient (Wildman–Crippen LogP) is 4.68. The molecule has 0 radical (unpaired) electrons. The van der Waals surface area contributed by atoms with Crippen LogP contribution in [0.5, 0.6) is 0 Å². The summed E-state index contributed by atoms with van der Waals surface area (Å²) in [7, 11) is 0. The Morgan fingerprint density at radius 1 is 1.26 bits per heavy atom. The van der Waals surface area contributed by atoms with E-state index in [0.29, 0.717) is 5.56 Å². The van der Waals surface area contributed by atoms with Crippen LogP contribution in [0.4, 0.5) is 0 Å². The number of amidine groups is 1. The molecular formula is C14H12BrClN2S. The van der Waals surface area contributed by atoms with Gasteiger partial charge in [-0.3, -0.25) is 5.41 Å². The average molecular weight is 356 g/mol. The van der Waals surface area contributed by atoms with Crippen LogP contribution in [0.15, 0.2) is 51.8 Å². The van der Waals surface area contributed by atoms with Gasteiger partial charge in [-0.25, -0.2) is 0 Å². The Morgan fingerprint density at radius 3 is 2.63 bits per heavy atom. The highest BCUT2D eigenvalue weighted by molar-refractivity contribution is 9.10. The summed E-state index contributed by atoms with van der Waals surface area (Å²) in [6, 6.07) is 13.5. The molecule has 3 N–H and O–H groups in total. The molecule has 2 rings (SSSR count). The van der Waals surface area contributed by atoms with Gasteiger partial charge in [-0.2, -0.15) is 0 Å². The largest absolute Gasteiger partial charge is 0.384 e. The van der Waals surface area contributed by atoms with Gasteiger partial charge < -0.3 is 5.73 Å². The van der Waals surface area contributed by atoms with Crippen molar-refractivity contribution in [2.24, 2.45) is 5.73 Å². The first-order chi connectivity index (χ1) is 9.08. The van der Waals surface area contributed by atoms with Crippen molar-refractivity contribution in [1.29, 1.82) is 5.41 Å². The maximum atomic E-state index is 7.40. The van der Waals surface area contributed by atoms with Crippen molar-refractivity contribution in [2.45, 2.75) is 10.6 Å². The van der Waals surface area contributed by atoms with Crippen molar-refractivity contribution in [3.63, 3.8) is 0 Å². The van der Waals surface area contributed by atoms with Crippen molar-refractivity contribution in [3.05, 3.63) is 63.1 Å². The highest BCUT2D eigenvalue weighted by Crippen LogP contribution is 2.32. The minimum Gasteiger partial charge on any atom is -0.384 e. The maximum Gasteiger partial charge on any atom is 0.122 e. The molecule has 5 heteroatoms. The molecule has 0 unspecified atom stereocenters. The molecule has 0 fully saturated rings. The summed E-state index contributed by atoms with van der Waals surface area (Å²) < 4.78 is 0.942. The summed E-state index contributed by atoms with van der Waals surface area (Å²) in [5.74, 6) is 0.876. The van der Waals surface area contributed by atoms with Crippen LogP contribution < -0.4 is 5.73 Å². The molecule has 0 spiro atoms. The van der Waals surface area contributed by atoms with Gasteiger partial charge in [-0.05, 0) is 39.7 Å². The molecule has 0 saturated heterocycles. The third-order valence-corrected chi connectivity index (χ3v) is 4.99. The van der Waals surface area contributed by atoms with E-state index in [2.05, 4.69) is 15.9 Å². The van der Waals surface area contributed by atoms with E-state index < -0.39 is 0 Å². The highest BCUT2D eigenvalue weighted by atomic mass is 79.9. The van der Waals surface area contributed by atoms with Crippen molar-refractivity contribution < 1.29 is 0 Å². The molecule has 0 atom stereocenters. The summed E-state index contributed by atoms with van der Waals surface area (Å²) in [6.07, 6.45) is 0. The third-order valence-electron chi connectivity index (χ3n) is 2.58. The van der Waals surface area contributed by atoms with Gasteiger partial charge in [0.25, 0.3) is 0 Å². The topological polar surface area (TPSA) is 49.9 Å². The molecule has 19 heavy (non-hydrogen) atoms. The number of benzene rings is 2. The second-order valence-corrected chi connectivity index (χ2v) is 6.22. The van der Waals surface area contributed by atoms with Gasteiger partial charge in [0.2, 0.25) is 0 Å². The first kappa shape index (κ1) is 14.4. The molecule has 0 amide bonds. The van der Waals surface area contributed by atoms with Crippen LogP contribution in [0.25, 0.3) is 0 Å². The zero-order valence-corrected chi connectivity index (χ0v) is 13.1. The quantitative estimate of drug-likeness (QED) is 0.475. The molecular weight excluding hydrogens is 344 g/mol. The van der Waals surface area contributed by atoms with E-state index in [1.54, 1.807) is 11.8 Å². The van der Waals surface area contributed by atoms with E-state index in [0.717, 1.165) is 25.7 Å². The lowest BCUT2D eigenvalue weighted by atomic mass is 10.2. The molecule has 0 saturated carbocycles. The molecule has 0 heterocycles. The molecule has 0 bridgehead atoms. The Kier molecular flexibility index (Phi) is 4.91. The SMILES string of the molecule is N=C(N)c1ccc(SCc2ccccc2Cl)c(Br)c1. The fourth-order valence-corrected chi connectivity index (χ4v) is 3.48. The Bertz CT molecular complexity index is 616. The normalized spacial score (nSPS) is 10.4. The fraction of sp³-hybridized carbons (Fsp3) is 0.0714. The molecule has 0 aromatic heterocycles. The van der Waals surface area contributed by atoms with E-state index in [-0.39, 0.29) is 5.84 Å². The Balaban J connectivity index is 2.12. The zero-order valence-electron chi connectivity index (χ0n) is 9.99. The molecule has 0 aliphatic carbocycles. The summed E-state index contributed by atoms with van der Waals surface area (Å²) in [5, 5.41) is 8.18. The van der Waals surface area contributed by atoms with Crippen molar-refractivity contribution in [3.8, 4) is 0 Å². The highest BCUT2D eigenvalue weighted by Gasteiger charge is 2.06. The van der Waals surface area contributed by atoms with Crippen LogP contribution in [0.2, 0.25) is 5.02 Å². The number of nitrogen functional groups attached to an aromatic ring is 1. The molecule has 0 aliphatic heterocycles. The van der Waals surface area contributed by atoms with E-state index in [1.165, 1.54) is 0 Å². The molecule has 0 aliphatic rings. The summed E-state index contributed by atoms with van der Waals surface area (Å²) in [5.41, 5.74) is 7.28. The Labute approximate surface area is 130 Å². The number of thioether (sulfide) groups is 1. The first-order valence-corrected chi connectivity index (χ1v) is 7.73. The van der Waals surface area contributed by atoms with Gasteiger partial charge in [0.15, 0.2) is 0 Å². The number of rotatable bonds is 4. The van der Waals surface area contributed by atoms with Crippen LogP contribution in [0.3, 0.4) is 0 Å². The number of nitrogens with two attached hydrogens (primary N) is 1. The van der Waals surface area contributed by atoms with Crippen LogP contribution in [-0.4, -0.2) is 5.84 Å². The lowest BCUT2D eigenvalue weighted by Gasteiger charge is -2.07. The third kappa shape index (κ3) is 3.75. The maximum absolute atomic E-state index is 7.40. The van der Waals surface area contributed by atoms with Crippen molar-refractivity contribution >= 4 is 45.1 Å². The van der Waals surface area contributed by atoms with E-state index in [1.807, 2.05) is 42.5 Å². The first-order valence-electron chi connectivity index (χ1n) is 5.58. The van der Waals surface area contributed by atoms with Crippen molar-refractivity contribution in [1.82, 2.24) is 0 Å². The molecule has 2 aromatic carbocycles. The van der Waals surface area contributed by atoms with Crippen molar-refractivity contribution in [2.75, 3.05) is 0 Å². The molecule has 2 nitrogen and oxygen atoms in total. The van der Waals surface area contributed by atoms with Gasteiger partial charge in [-0.1, -0.05) is 35.9 Å². The van der Waals surface area contributed by atoms with Crippen LogP contribution in [-0.2, 0) is 5.75 Å². The Morgan fingerprint density at radius 2 is 2.00 bits per heavy atom. The number of nitrogens with one attached hydrogen (secondary N) is 1. The standard InChI is InChI=1S/C14H12BrClN2S/c15-11-7-9(14(17)18)5-6-13(11)19-8-10-3-1-2-4-12(10)16/h1-7H,8H2,(H3,17,18). The van der Waals surface area contributed by atoms with Gasteiger partial charge in [0.1, 0.15) is 5.84 Å². The monoisotopic (exact) mass is 354 g/mol. The lowest BCUT2D eigenvalue weighted by Crippen LogP contribution is -2.10. The summed E-state index contributed by atoms with van der Waals surface area (Å²) >= 11 is 11.3. The minimum absolute atomic E-state index is 0.0725. The van der Waals surface area contributed by atoms with E-state index >= 15 is 0 Å². The smallest absolute Gasteiger partial charge is 0.122 e. The number of hydrogen-bond acceptors (Lipinski definition) is 2. The second kappa shape index (κ2) is 6.46. The van der Waals surface area contributed by atoms with Gasteiger partial charge in [0.05, 0.1) is 0 Å². The zero-order chi connectivity index (χ0) is 13.8. The lowest BCUT2D eigenvalue weighted by molar-refractivity contribution is 1.33. The molecule has 98 valence electrons. The fourth-order valence-electron chi connectivity index (χ4n) is 1.56. The van der Waals surface area contributed by atoms with Crippen LogP contribution in [0, 0.1) is 5.41 Å². The number of hydrogen-bond donors (Lipinski definition) is 2. The predicted molar refractivity (Wildman–Crippen MR) is 86.2 cm³/mol. The summed E-state index contributed by atoms with van der Waals surface area (Å²) in [6.45, 7) is 0. The van der Waals surface area contributed by atoms with Gasteiger partial charge >= 0.3 is 0 Å². The van der Waals surface area contributed by atoms with Gasteiger partial charge in [0, 0.05) is 25.7 Å². The summed E-state index contributed by atoms with van der Waals surface area (Å²) in [4.78, 5) is 1.10. The molecule has 2 aromatic rings. The minimum atomic E-state index is 0.0725. The van der Waals surface area contributed by atoms with Crippen LogP contribution >= 0.6 is 39.3 Å². The second-order valence-electron chi connectivity index (χ2n) is 3.94.